The van der Waals surface area contributed by atoms with Crippen LogP contribution >= 0.6 is 11.3 Å². The second-order valence-corrected chi connectivity index (χ2v) is 20.2. The summed E-state index contributed by atoms with van der Waals surface area (Å²) in [7, 11) is 0. The lowest BCUT2D eigenvalue weighted by Crippen LogP contribution is -2.28. The average Bonchev–Trinajstić information content (AvgIpc) is 4.06. The SMILES string of the molecule is c1ccc(C2(c3ccccc3)c3ccccc3-c3c(-c4ccc(N(c5ccc(-c6cccc(-c7ccc8ccccc8c7)c6)cc5)c5ccc(-c6cccc7c6sc6ccccc67)cc5)cc4)cccc32)cc1. The largest absolute Gasteiger partial charge is 0.311 e. The smallest absolute Gasteiger partial charge is 0.0713 e. The number of nitrogens with zero attached hydrogens (tertiary/aromatic N) is 1. The third-order valence-corrected chi connectivity index (χ3v) is 16.4. The van der Waals surface area contributed by atoms with E-state index in [2.05, 4.69) is 290 Å². The van der Waals surface area contributed by atoms with Gasteiger partial charge < -0.3 is 4.90 Å². The van der Waals surface area contributed by atoms with Crippen molar-refractivity contribution >= 4 is 59.3 Å². The predicted octanol–water partition coefficient (Wildman–Crippen LogP) is 19.7. The minimum absolute atomic E-state index is 0.459. The third kappa shape index (κ3) is 7.13. The van der Waals surface area contributed by atoms with Gasteiger partial charge >= 0.3 is 0 Å². The van der Waals surface area contributed by atoms with Gasteiger partial charge in [-0.15, -0.1) is 11.3 Å². The van der Waals surface area contributed by atoms with E-state index in [1.807, 2.05) is 11.3 Å². The quantitative estimate of drug-likeness (QED) is 0.139. The highest BCUT2D eigenvalue weighted by Gasteiger charge is 2.46. The van der Waals surface area contributed by atoms with Gasteiger partial charge in [0.25, 0.3) is 0 Å². The summed E-state index contributed by atoms with van der Waals surface area (Å²) in [5.74, 6) is 0. The standard InChI is InChI=1S/C71H47NS/c1-3-20-56(21-4-1)71(57-22-5-2-6-23-57)66-29-11-9-25-65(66)69-61(26-15-30-67(69)71)50-36-42-59(43-37-50)72(60-44-38-51(39-45-60)62-27-14-28-64-63-24-10-12-31-68(63)73-70(62)64)58-40-34-49(35-41-58)53-18-13-19-54(46-53)55-33-32-48-16-7-8-17-52(48)47-55/h1-47H. The van der Waals surface area contributed by atoms with Crippen LogP contribution in [0.5, 0.6) is 0 Å². The Kier molecular flexibility index (Phi) is 10.3. The summed E-state index contributed by atoms with van der Waals surface area (Å²) in [5.41, 5.74) is 20.2. The van der Waals surface area contributed by atoms with E-state index in [9.17, 15) is 0 Å². The zero-order valence-corrected chi connectivity index (χ0v) is 40.8. The zero-order chi connectivity index (χ0) is 48.3. The van der Waals surface area contributed by atoms with E-state index in [0.717, 1.165) is 17.1 Å². The number of thiophene rings is 1. The molecule has 0 saturated heterocycles. The molecule has 342 valence electrons. The Morgan fingerprint density at radius 2 is 0.767 bits per heavy atom. The van der Waals surface area contributed by atoms with E-state index in [0.29, 0.717) is 0 Å². The van der Waals surface area contributed by atoms with Crippen LogP contribution in [0.2, 0.25) is 0 Å². The molecule has 1 aliphatic carbocycles. The summed E-state index contributed by atoms with van der Waals surface area (Å²) >= 11 is 1.88. The van der Waals surface area contributed by atoms with Crippen LogP contribution in [0.4, 0.5) is 17.1 Å². The topological polar surface area (TPSA) is 3.24 Å². The second kappa shape index (κ2) is 17.6. The van der Waals surface area contributed by atoms with Gasteiger partial charge in [-0.05, 0) is 143 Å². The summed E-state index contributed by atoms with van der Waals surface area (Å²) in [6.07, 6.45) is 0. The van der Waals surface area contributed by atoms with Crippen LogP contribution in [0.3, 0.4) is 0 Å². The van der Waals surface area contributed by atoms with Crippen LogP contribution in [0.25, 0.3) is 86.6 Å². The number of hydrogen-bond donors (Lipinski definition) is 0. The fourth-order valence-corrected chi connectivity index (χ4v) is 13.0. The second-order valence-electron chi connectivity index (χ2n) is 19.2. The maximum Gasteiger partial charge on any atom is 0.0713 e. The first-order valence-electron chi connectivity index (χ1n) is 25.1. The molecule has 0 bridgehead atoms. The molecule has 13 aromatic rings. The Balaban J connectivity index is 0.866. The lowest BCUT2D eigenvalue weighted by atomic mass is 9.67. The Hall–Kier alpha value is -9.08. The molecule has 0 atom stereocenters. The van der Waals surface area contributed by atoms with Crippen molar-refractivity contribution < 1.29 is 0 Å². The molecule has 0 spiro atoms. The van der Waals surface area contributed by atoms with E-state index in [4.69, 9.17) is 0 Å². The minimum Gasteiger partial charge on any atom is -0.311 e. The number of anilines is 3. The first kappa shape index (κ1) is 42.8. The van der Waals surface area contributed by atoms with Gasteiger partial charge in [-0.1, -0.05) is 231 Å². The molecule has 2 heteroatoms. The van der Waals surface area contributed by atoms with Crippen molar-refractivity contribution in [3.8, 4) is 55.6 Å². The molecule has 0 N–H and O–H groups in total. The van der Waals surface area contributed by atoms with Crippen molar-refractivity contribution in [3.05, 3.63) is 307 Å². The highest BCUT2D eigenvalue weighted by molar-refractivity contribution is 7.26. The minimum atomic E-state index is -0.459. The number of hydrogen-bond acceptors (Lipinski definition) is 2. The summed E-state index contributed by atoms with van der Waals surface area (Å²) in [6, 6.07) is 105. The third-order valence-electron chi connectivity index (χ3n) is 15.2. The van der Waals surface area contributed by atoms with Crippen molar-refractivity contribution in [2.75, 3.05) is 4.90 Å². The van der Waals surface area contributed by atoms with E-state index >= 15 is 0 Å². The molecule has 1 aliphatic rings. The lowest BCUT2D eigenvalue weighted by molar-refractivity contribution is 0.768. The molecule has 73 heavy (non-hydrogen) atoms. The van der Waals surface area contributed by atoms with Gasteiger partial charge in [0.05, 0.1) is 5.41 Å². The molecule has 1 nitrogen and oxygen atoms in total. The fraction of sp³-hybridized carbons (Fsp3) is 0.0141. The molecular weight excluding hydrogens is 899 g/mol. The average molecular weight is 946 g/mol. The Labute approximate surface area is 430 Å². The zero-order valence-electron chi connectivity index (χ0n) is 40.0. The predicted molar refractivity (Wildman–Crippen MR) is 311 cm³/mol. The van der Waals surface area contributed by atoms with Crippen molar-refractivity contribution in [1.82, 2.24) is 0 Å². The number of fused-ring (bicyclic) bond motifs is 7. The van der Waals surface area contributed by atoms with E-state index in [1.54, 1.807) is 0 Å². The summed E-state index contributed by atoms with van der Waals surface area (Å²) in [6.45, 7) is 0. The lowest BCUT2D eigenvalue weighted by Gasteiger charge is -2.34. The van der Waals surface area contributed by atoms with Gasteiger partial charge in [-0.25, -0.2) is 0 Å². The van der Waals surface area contributed by atoms with Crippen molar-refractivity contribution in [2.45, 2.75) is 5.41 Å². The van der Waals surface area contributed by atoms with Crippen molar-refractivity contribution in [2.24, 2.45) is 0 Å². The van der Waals surface area contributed by atoms with Crippen LogP contribution in [0.15, 0.2) is 285 Å². The molecule has 14 rings (SSSR count). The molecule has 0 amide bonds. The van der Waals surface area contributed by atoms with Crippen molar-refractivity contribution in [1.29, 1.82) is 0 Å². The van der Waals surface area contributed by atoms with Crippen LogP contribution in [-0.4, -0.2) is 0 Å². The van der Waals surface area contributed by atoms with Gasteiger partial charge in [-0.2, -0.15) is 0 Å². The monoisotopic (exact) mass is 945 g/mol. The van der Waals surface area contributed by atoms with Crippen LogP contribution in [0.1, 0.15) is 22.3 Å². The Bertz CT molecular complexity index is 4130. The van der Waals surface area contributed by atoms with Gasteiger partial charge in [-0.3, -0.25) is 0 Å². The summed E-state index contributed by atoms with van der Waals surface area (Å²) in [4.78, 5) is 2.39. The first-order valence-corrected chi connectivity index (χ1v) is 26.0. The normalized spacial score (nSPS) is 12.5. The Morgan fingerprint density at radius 1 is 0.288 bits per heavy atom. The van der Waals surface area contributed by atoms with Gasteiger partial charge in [0.2, 0.25) is 0 Å². The van der Waals surface area contributed by atoms with Gasteiger partial charge in [0.15, 0.2) is 0 Å². The highest BCUT2D eigenvalue weighted by atomic mass is 32.1. The van der Waals surface area contributed by atoms with Crippen LogP contribution in [0, 0.1) is 0 Å². The molecule has 1 aromatic heterocycles. The number of benzene rings is 12. The molecule has 12 aromatic carbocycles. The maximum absolute atomic E-state index is 2.39. The maximum atomic E-state index is 2.39. The molecule has 0 unspecified atom stereocenters. The van der Waals surface area contributed by atoms with Gasteiger partial charge in [0.1, 0.15) is 0 Å². The summed E-state index contributed by atoms with van der Waals surface area (Å²) in [5, 5.41) is 5.13. The van der Waals surface area contributed by atoms with E-state index < -0.39 is 5.41 Å². The molecule has 0 radical (unpaired) electrons. The summed E-state index contributed by atoms with van der Waals surface area (Å²) < 4.78 is 2.64. The first-order chi connectivity index (χ1) is 36.2. The fourth-order valence-electron chi connectivity index (χ4n) is 11.8. The number of rotatable bonds is 9. The molecule has 0 fully saturated rings. The highest BCUT2D eigenvalue weighted by Crippen LogP contribution is 2.58. The molecule has 0 saturated carbocycles. The molecule has 0 aliphatic heterocycles. The van der Waals surface area contributed by atoms with E-state index in [1.165, 1.54) is 109 Å². The van der Waals surface area contributed by atoms with Gasteiger partial charge in [0, 0.05) is 37.2 Å². The van der Waals surface area contributed by atoms with Crippen LogP contribution < -0.4 is 4.90 Å². The van der Waals surface area contributed by atoms with Crippen LogP contribution in [-0.2, 0) is 5.41 Å². The molecule has 1 heterocycles. The van der Waals surface area contributed by atoms with Crippen molar-refractivity contribution in [3.63, 3.8) is 0 Å². The van der Waals surface area contributed by atoms with E-state index in [-0.39, 0.29) is 0 Å². The molecular formula is C71H47NS. The Morgan fingerprint density at radius 3 is 1.48 bits per heavy atom.